The SMILES string of the molecule is COc1cccc2c1-c1ccc(C3(C(N)=O)CC3)cc1C(c1cccc(Cl)c1)O2. The Kier molecular flexibility index (Phi) is 4.07. The zero-order valence-electron chi connectivity index (χ0n) is 15.9. The van der Waals surface area contributed by atoms with Crippen LogP contribution in [0.2, 0.25) is 5.02 Å². The van der Waals surface area contributed by atoms with Crippen molar-refractivity contribution in [3.63, 3.8) is 0 Å². The number of primary amides is 1. The van der Waals surface area contributed by atoms with Crippen LogP contribution in [0.4, 0.5) is 0 Å². The molecule has 0 aromatic heterocycles. The average molecular weight is 406 g/mol. The first kappa shape index (κ1) is 18.1. The second-order valence-electron chi connectivity index (χ2n) is 7.63. The Hall–Kier alpha value is -2.98. The smallest absolute Gasteiger partial charge is 0.228 e. The standard InChI is InChI=1S/C24H20ClNO3/c1-28-19-6-3-7-20-21(19)17-9-8-15(24(10-11-24)23(26)27)13-18(17)22(29-20)14-4-2-5-16(25)12-14/h2-9,12-13,22H,10-11H2,1H3,(H2,26,27). The second kappa shape index (κ2) is 6.53. The van der Waals surface area contributed by atoms with Gasteiger partial charge in [0.15, 0.2) is 0 Å². The van der Waals surface area contributed by atoms with Gasteiger partial charge in [0.2, 0.25) is 5.91 Å². The zero-order chi connectivity index (χ0) is 20.2. The zero-order valence-corrected chi connectivity index (χ0v) is 16.7. The van der Waals surface area contributed by atoms with Crippen LogP contribution in [0.25, 0.3) is 11.1 Å². The molecule has 2 N–H and O–H groups in total. The van der Waals surface area contributed by atoms with Crippen LogP contribution < -0.4 is 15.2 Å². The minimum absolute atomic E-state index is 0.272. The maximum absolute atomic E-state index is 12.1. The third kappa shape index (κ3) is 2.78. The monoisotopic (exact) mass is 405 g/mol. The molecule has 0 saturated heterocycles. The molecule has 5 rings (SSSR count). The van der Waals surface area contributed by atoms with Crippen LogP contribution in [0.5, 0.6) is 11.5 Å². The number of carbonyl (C=O) groups is 1. The Labute approximate surface area is 174 Å². The topological polar surface area (TPSA) is 61.5 Å². The van der Waals surface area contributed by atoms with Crippen molar-refractivity contribution in [1.29, 1.82) is 0 Å². The van der Waals surface area contributed by atoms with Gasteiger partial charge in [0.05, 0.1) is 18.1 Å². The van der Waals surface area contributed by atoms with Gasteiger partial charge in [-0.2, -0.15) is 0 Å². The van der Waals surface area contributed by atoms with Gasteiger partial charge in [-0.15, -0.1) is 0 Å². The molecule has 1 heterocycles. The van der Waals surface area contributed by atoms with E-state index in [1.807, 2.05) is 48.5 Å². The largest absolute Gasteiger partial charge is 0.496 e. The highest BCUT2D eigenvalue weighted by Crippen LogP contribution is 2.53. The van der Waals surface area contributed by atoms with Crippen LogP contribution in [0.3, 0.4) is 0 Å². The van der Waals surface area contributed by atoms with E-state index in [-0.39, 0.29) is 12.0 Å². The molecule has 3 aromatic rings. The number of nitrogens with two attached hydrogens (primary N) is 1. The van der Waals surface area contributed by atoms with Crippen molar-refractivity contribution in [2.75, 3.05) is 7.11 Å². The summed E-state index contributed by atoms with van der Waals surface area (Å²) in [6, 6.07) is 19.6. The van der Waals surface area contributed by atoms with E-state index in [1.54, 1.807) is 7.11 Å². The van der Waals surface area contributed by atoms with E-state index in [9.17, 15) is 4.79 Å². The number of hydrogen-bond donors (Lipinski definition) is 1. The van der Waals surface area contributed by atoms with E-state index in [0.717, 1.165) is 52.2 Å². The number of fused-ring (bicyclic) bond motifs is 3. The van der Waals surface area contributed by atoms with Gasteiger partial charge in [0.1, 0.15) is 17.6 Å². The van der Waals surface area contributed by atoms with Crippen molar-refractivity contribution in [1.82, 2.24) is 0 Å². The van der Waals surface area contributed by atoms with Gasteiger partial charge in [0.25, 0.3) is 0 Å². The summed E-state index contributed by atoms with van der Waals surface area (Å²) in [7, 11) is 1.65. The number of amides is 1. The van der Waals surface area contributed by atoms with Gasteiger partial charge >= 0.3 is 0 Å². The summed E-state index contributed by atoms with van der Waals surface area (Å²) in [4.78, 5) is 12.1. The third-order valence-electron chi connectivity index (χ3n) is 5.98. The quantitative estimate of drug-likeness (QED) is 0.663. The first-order valence-electron chi connectivity index (χ1n) is 9.57. The van der Waals surface area contributed by atoms with Gasteiger partial charge in [-0.25, -0.2) is 0 Å². The highest BCUT2D eigenvalue weighted by atomic mass is 35.5. The molecule has 1 atom stereocenters. The summed E-state index contributed by atoms with van der Waals surface area (Å²) >= 11 is 6.26. The van der Waals surface area contributed by atoms with Gasteiger partial charge in [-0.05, 0) is 53.8 Å². The van der Waals surface area contributed by atoms with Gasteiger partial charge < -0.3 is 15.2 Å². The van der Waals surface area contributed by atoms with Crippen LogP contribution in [0.15, 0.2) is 60.7 Å². The Bertz CT molecular complexity index is 1140. The van der Waals surface area contributed by atoms with Gasteiger partial charge in [-0.1, -0.05) is 48.0 Å². The molecule has 3 aromatic carbocycles. The number of rotatable bonds is 4. The predicted octanol–water partition coefficient (Wildman–Crippen LogP) is 5.01. The first-order valence-corrected chi connectivity index (χ1v) is 9.95. The molecular weight excluding hydrogens is 386 g/mol. The molecule has 1 amide bonds. The summed E-state index contributed by atoms with van der Waals surface area (Å²) in [5.74, 6) is 1.23. The molecule has 0 bridgehead atoms. The van der Waals surface area contributed by atoms with Crippen LogP contribution in [0, 0.1) is 0 Å². The Morgan fingerprint density at radius 3 is 2.62 bits per heavy atom. The predicted molar refractivity (Wildman–Crippen MR) is 112 cm³/mol. The van der Waals surface area contributed by atoms with Crippen LogP contribution >= 0.6 is 11.6 Å². The molecule has 146 valence electrons. The van der Waals surface area contributed by atoms with Crippen molar-refractivity contribution in [2.24, 2.45) is 5.73 Å². The normalized spacial score (nSPS) is 18.2. The van der Waals surface area contributed by atoms with E-state index in [2.05, 4.69) is 12.1 Å². The number of benzene rings is 3. The molecule has 1 unspecified atom stereocenters. The molecule has 0 spiro atoms. The molecule has 1 aliphatic heterocycles. The third-order valence-corrected chi connectivity index (χ3v) is 6.22. The lowest BCUT2D eigenvalue weighted by atomic mass is 9.84. The summed E-state index contributed by atoms with van der Waals surface area (Å²) in [5.41, 5.74) is 9.98. The molecular formula is C24H20ClNO3. The number of halogens is 1. The van der Waals surface area contributed by atoms with Gasteiger partial charge in [-0.3, -0.25) is 4.79 Å². The Morgan fingerprint density at radius 1 is 1.14 bits per heavy atom. The maximum Gasteiger partial charge on any atom is 0.228 e. The molecule has 1 aliphatic carbocycles. The van der Waals surface area contributed by atoms with Crippen LogP contribution in [-0.4, -0.2) is 13.0 Å². The molecule has 29 heavy (non-hydrogen) atoms. The lowest BCUT2D eigenvalue weighted by Gasteiger charge is -2.31. The van der Waals surface area contributed by atoms with Crippen LogP contribution in [0.1, 0.15) is 35.6 Å². The lowest BCUT2D eigenvalue weighted by molar-refractivity contribution is -0.120. The molecule has 0 radical (unpaired) electrons. The average Bonchev–Trinajstić information content (AvgIpc) is 3.54. The van der Waals surface area contributed by atoms with E-state index in [0.29, 0.717) is 5.02 Å². The van der Waals surface area contributed by atoms with Crippen molar-refractivity contribution in [3.05, 3.63) is 82.4 Å². The van der Waals surface area contributed by atoms with Crippen molar-refractivity contribution in [3.8, 4) is 22.6 Å². The number of ether oxygens (including phenoxy) is 2. The summed E-state index contributed by atoms with van der Waals surface area (Å²) in [6.07, 6.45) is 1.22. The van der Waals surface area contributed by atoms with E-state index < -0.39 is 5.41 Å². The fourth-order valence-corrected chi connectivity index (χ4v) is 4.46. The molecule has 2 aliphatic rings. The highest BCUT2D eigenvalue weighted by molar-refractivity contribution is 6.30. The summed E-state index contributed by atoms with van der Waals surface area (Å²) < 4.78 is 12.0. The second-order valence-corrected chi connectivity index (χ2v) is 8.07. The fourth-order valence-electron chi connectivity index (χ4n) is 4.26. The van der Waals surface area contributed by atoms with Crippen molar-refractivity contribution >= 4 is 17.5 Å². The van der Waals surface area contributed by atoms with E-state index in [1.165, 1.54) is 0 Å². The molecule has 1 saturated carbocycles. The lowest BCUT2D eigenvalue weighted by Crippen LogP contribution is -2.28. The minimum atomic E-state index is -0.561. The van der Waals surface area contributed by atoms with Crippen molar-refractivity contribution in [2.45, 2.75) is 24.4 Å². The van der Waals surface area contributed by atoms with E-state index in [4.69, 9.17) is 26.8 Å². The van der Waals surface area contributed by atoms with E-state index >= 15 is 0 Å². The number of methoxy groups -OCH3 is 1. The summed E-state index contributed by atoms with van der Waals surface area (Å²) in [6.45, 7) is 0. The summed E-state index contributed by atoms with van der Waals surface area (Å²) in [5, 5.41) is 0.649. The number of hydrogen-bond acceptors (Lipinski definition) is 3. The Morgan fingerprint density at radius 2 is 1.93 bits per heavy atom. The van der Waals surface area contributed by atoms with Gasteiger partial charge in [0, 0.05) is 10.6 Å². The number of carbonyl (C=O) groups excluding carboxylic acids is 1. The minimum Gasteiger partial charge on any atom is -0.496 e. The maximum atomic E-state index is 12.1. The molecule has 1 fully saturated rings. The fraction of sp³-hybridized carbons (Fsp3) is 0.208. The Balaban J connectivity index is 1.74. The molecule has 4 nitrogen and oxygen atoms in total. The molecule has 5 heteroatoms. The highest BCUT2D eigenvalue weighted by Gasteiger charge is 2.50. The van der Waals surface area contributed by atoms with Crippen molar-refractivity contribution < 1.29 is 14.3 Å². The first-order chi connectivity index (χ1) is 14.0. The van der Waals surface area contributed by atoms with Crippen LogP contribution in [-0.2, 0) is 10.2 Å².